The first-order valence-electron chi connectivity index (χ1n) is 9.18. The van der Waals surface area contributed by atoms with Crippen molar-refractivity contribution in [3.05, 3.63) is 41.8 Å². The number of pyridine rings is 1. The van der Waals surface area contributed by atoms with Crippen LogP contribution >= 0.6 is 11.6 Å². The Labute approximate surface area is 165 Å². The number of aromatic amines is 1. The van der Waals surface area contributed by atoms with Gasteiger partial charge in [0.15, 0.2) is 5.65 Å². The zero-order valence-corrected chi connectivity index (χ0v) is 15.9. The van der Waals surface area contributed by atoms with E-state index >= 15 is 0 Å². The predicted octanol–water partition coefficient (Wildman–Crippen LogP) is 3.76. The molecule has 0 saturated heterocycles. The molecular formula is C20H18ClN5O2. The van der Waals surface area contributed by atoms with Gasteiger partial charge in [0.2, 0.25) is 5.88 Å². The van der Waals surface area contributed by atoms with E-state index in [1.54, 1.807) is 6.20 Å². The molecule has 7 nitrogen and oxygen atoms in total. The largest absolute Gasteiger partial charge is 0.473 e. The lowest BCUT2D eigenvalue weighted by Gasteiger charge is -2.12. The van der Waals surface area contributed by atoms with Crippen molar-refractivity contribution in [2.45, 2.75) is 32.0 Å². The number of rotatable bonds is 3. The molecule has 142 valence electrons. The Kier molecular flexibility index (Phi) is 4.14. The summed E-state index contributed by atoms with van der Waals surface area (Å²) in [7, 11) is 0. The quantitative estimate of drug-likeness (QED) is 0.548. The summed E-state index contributed by atoms with van der Waals surface area (Å²) in [5.41, 5.74) is 2.87. The topological polar surface area (TPSA) is 96.8 Å². The lowest BCUT2D eigenvalue weighted by Crippen LogP contribution is -2.14. The number of hydrogen-bond donors (Lipinski definition) is 2. The number of aromatic nitrogens is 5. The Hall–Kier alpha value is -2.77. The molecule has 5 rings (SSSR count). The molecule has 8 heteroatoms. The van der Waals surface area contributed by atoms with E-state index in [2.05, 4.69) is 24.9 Å². The van der Waals surface area contributed by atoms with E-state index in [1.165, 1.54) is 6.33 Å². The monoisotopic (exact) mass is 395 g/mol. The maximum absolute atomic E-state index is 9.98. The highest BCUT2D eigenvalue weighted by atomic mass is 35.5. The molecule has 0 radical (unpaired) electrons. The zero-order valence-electron chi connectivity index (χ0n) is 15.1. The molecule has 1 fully saturated rings. The van der Waals surface area contributed by atoms with Crippen LogP contribution in [0.3, 0.4) is 0 Å². The molecule has 3 atom stereocenters. The third-order valence-corrected chi connectivity index (χ3v) is 5.52. The van der Waals surface area contributed by atoms with Crippen molar-refractivity contribution in [2.75, 3.05) is 0 Å². The molecule has 1 aliphatic carbocycles. The van der Waals surface area contributed by atoms with Crippen molar-refractivity contribution in [1.82, 2.24) is 24.9 Å². The number of halogens is 1. The van der Waals surface area contributed by atoms with Crippen LogP contribution in [0.15, 0.2) is 36.8 Å². The van der Waals surface area contributed by atoms with Crippen LogP contribution in [0.2, 0.25) is 5.02 Å². The fourth-order valence-electron chi connectivity index (χ4n) is 3.78. The van der Waals surface area contributed by atoms with Gasteiger partial charge in [-0.1, -0.05) is 24.6 Å². The highest BCUT2D eigenvalue weighted by Crippen LogP contribution is 2.33. The minimum Gasteiger partial charge on any atom is -0.473 e. The van der Waals surface area contributed by atoms with E-state index in [0.29, 0.717) is 34.3 Å². The van der Waals surface area contributed by atoms with Gasteiger partial charge >= 0.3 is 0 Å². The van der Waals surface area contributed by atoms with Crippen LogP contribution in [-0.2, 0) is 0 Å². The third-order valence-electron chi connectivity index (χ3n) is 5.29. The number of nitrogens with zero attached hydrogens (tertiary/aromatic N) is 4. The zero-order chi connectivity index (χ0) is 19.3. The summed E-state index contributed by atoms with van der Waals surface area (Å²) >= 11 is 6.09. The van der Waals surface area contributed by atoms with E-state index in [9.17, 15) is 5.11 Å². The second kappa shape index (κ2) is 6.68. The first kappa shape index (κ1) is 17.3. The third kappa shape index (κ3) is 2.96. The van der Waals surface area contributed by atoms with Crippen molar-refractivity contribution in [1.29, 1.82) is 0 Å². The summed E-state index contributed by atoms with van der Waals surface area (Å²) in [5, 5.41) is 11.6. The summed E-state index contributed by atoms with van der Waals surface area (Å²) in [6.45, 7) is 2.03. The molecule has 1 aromatic carbocycles. The van der Waals surface area contributed by atoms with Crippen LogP contribution < -0.4 is 4.74 Å². The number of nitrogens with one attached hydrogen (secondary N) is 1. The van der Waals surface area contributed by atoms with Crippen LogP contribution in [-0.4, -0.2) is 42.2 Å². The van der Waals surface area contributed by atoms with Crippen molar-refractivity contribution in [2.24, 2.45) is 5.92 Å². The van der Waals surface area contributed by atoms with E-state index in [-0.39, 0.29) is 18.1 Å². The van der Waals surface area contributed by atoms with Crippen LogP contribution in [0, 0.1) is 5.92 Å². The number of H-pyrrole nitrogens is 1. The predicted molar refractivity (Wildman–Crippen MR) is 106 cm³/mol. The van der Waals surface area contributed by atoms with Gasteiger partial charge in [-0.05, 0) is 30.5 Å². The SMILES string of the molecule is C[C@@H]1C[C@@H](Oc2ncnc3nc(-c4ccnc5cc(Cl)ccc45)[nH]c23)C[C@@H]1O. The summed E-state index contributed by atoms with van der Waals surface area (Å²) in [6, 6.07) is 7.48. The Bertz CT molecular complexity index is 1170. The smallest absolute Gasteiger partial charge is 0.243 e. The maximum Gasteiger partial charge on any atom is 0.243 e. The average molecular weight is 396 g/mol. The fraction of sp³-hybridized carbons (Fsp3) is 0.300. The molecule has 0 bridgehead atoms. The molecule has 1 saturated carbocycles. The summed E-state index contributed by atoms with van der Waals surface area (Å²) in [6.07, 6.45) is 4.16. The first-order valence-corrected chi connectivity index (χ1v) is 9.56. The molecule has 0 spiro atoms. The molecule has 0 aliphatic heterocycles. The number of hydrogen-bond acceptors (Lipinski definition) is 6. The highest BCUT2D eigenvalue weighted by Gasteiger charge is 2.32. The number of aliphatic hydroxyl groups excluding tert-OH is 1. The molecule has 4 aromatic rings. The number of aliphatic hydroxyl groups is 1. The van der Waals surface area contributed by atoms with E-state index in [1.807, 2.05) is 31.2 Å². The van der Waals surface area contributed by atoms with Gasteiger partial charge in [0.25, 0.3) is 0 Å². The van der Waals surface area contributed by atoms with E-state index in [0.717, 1.165) is 22.9 Å². The lowest BCUT2D eigenvalue weighted by atomic mass is 10.1. The first-order chi connectivity index (χ1) is 13.6. The van der Waals surface area contributed by atoms with Gasteiger partial charge < -0.3 is 14.8 Å². The van der Waals surface area contributed by atoms with Gasteiger partial charge in [-0.3, -0.25) is 4.98 Å². The standard InChI is InChI=1S/C20H18ClN5O2/c1-10-6-12(8-16(10)27)28-20-17-19(23-9-24-20)26-18(25-17)14-4-5-22-15-7-11(21)2-3-13(14)15/h2-5,7,9-10,12,16,27H,6,8H2,1H3,(H,23,24,25,26)/t10-,12-,16+/m1/s1. The second-order valence-corrected chi connectivity index (χ2v) is 7.68. The van der Waals surface area contributed by atoms with E-state index in [4.69, 9.17) is 16.3 Å². The summed E-state index contributed by atoms with van der Waals surface area (Å²) in [4.78, 5) is 20.9. The molecule has 0 amide bonds. The van der Waals surface area contributed by atoms with Gasteiger partial charge in [0.05, 0.1) is 11.6 Å². The Morgan fingerprint density at radius 1 is 1.18 bits per heavy atom. The average Bonchev–Trinajstić information content (AvgIpc) is 3.25. The maximum atomic E-state index is 9.98. The molecule has 3 heterocycles. The van der Waals surface area contributed by atoms with Crippen LogP contribution in [0.25, 0.3) is 33.5 Å². The molecule has 1 aliphatic rings. The molecule has 0 unspecified atom stereocenters. The Morgan fingerprint density at radius 3 is 2.89 bits per heavy atom. The number of ether oxygens (including phenoxy) is 1. The van der Waals surface area contributed by atoms with Crippen LogP contribution in [0.1, 0.15) is 19.8 Å². The second-order valence-electron chi connectivity index (χ2n) is 7.24. The summed E-state index contributed by atoms with van der Waals surface area (Å²) in [5.74, 6) is 1.33. The minimum absolute atomic E-state index is 0.0706. The molecular weight excluding hydrogens is 378 g/mol. The normalized spacial score (nSPS) is 22.2. The number of imidazole rings is 1. The van der Waals surface area contributed by atoms with Crippen molar-refractivity contribution in [3.63, 3.8) is 0 Å². The van der Waals surface area contributed by atoms with Gasteiger partial charge in [-0.2, -0.15) is 4.98 Å². The van der Waals surface area contributed by atoms with Crippen LogP contribution in [0.5, 0.6) is 5.88 Å². The fourth-order valence-corrected chi connectivity index (χ4v) is 3.94. The Morgan fingerprint density at radius 2 is 2.07 bits per heavy atom. The molecule has 28 heavy (non-hydrogen) atoms. The number of fused-ring (bicyclic) bond motifs is 2. The van der Waals surface area contributed by atoms with Crippen molar-refractivity contribution in [3.8, 4) is 17.3 Å². The summed E-state index contributed by atoms with van der Waals surface area (Å²) < 4.78 is 6.07. The highest BCUT2D eigenvalue weighted by molar-refractivity contribution is 6.31. The lowest BCUT2D eigenvalue weighted by molar-refractivity contribution is 0.129. The van der Waals surface area contributed by atoms with Gasteiger partial charge in [-0.25, -0.2) is 9.97 Å². The van der Waals surface area contributed by atoms with Gasteiger partial charge in [0.1, 0.15) is 23.8 Å². The van der Waals surface area contributed by atoms with Crippen molar-refractivity contribution < 1.29 is 9.84 Å². The number of benzene rings is 1. The van der Waals surface area contributed by atoms with Gasteiger partial charge in [-0.15, -0.1) is 0 Å². The Balaban J connectivity index is 1.56. The van der Waals surface area contributed by atoms with E-state index < -0.39 is 0 Å². The van der Waals surface area contributed by atoms with Crippen LogP contribution in [0.4, 0.5) is 0 Å². The molecule has 3 aromatic heterocycles. The minimum atomic E-state index is -0.338. The van der Waals surface area contributed by atoms with Crippen molar-refractivity contribution >= 4 is 33.7 Å². The van der Waals surface area contributed by atoms with Gasteiger partial charge in [0, 0.05) is 28.6 Å². The molecule has 2 N–H and O–H groups in total.